The molecule has 0 aliphatic rings. The summed E-state index contributed by atoms with van der Waals surface area (Å²) in [4.78, 5) is 0. The van der Waals surface area contributed by atoms with Crippen molar-refractivity contribution < 1.29 is 18.8 Å². The molecule has 0 saturated heterocycles. The van der Waals surface area contributed by atoms with Crippen LogP contribution in [0.25, 0.3) is 0 Å². The highest BCUT2D eigenvalue weighted by Crippen LogP contribution is 2.45. The Hall–Kier alpha value is 0.230. The second-order valence-electron chi connectivity index (χ2n) is 6.40. The van der Waals surface area contributed by atoms with Crippen LogP contribution in [-0.4, -0.2) is 35.3 Å². The Morgan fingerprint density at radius 2 is 1.42 bits per heavy atom. The van der Waals surface area contributed by atoms with Crippen LogP contribution < -0.4 is 0 Å². The van der Waals surface area contributed by atoms with E-state index in [4.69, 9.17) is 13.6 Å². The molecule has 0 spiro atoms. The van der Waals surface area contributed by atoms with E-state index in [1.54, 1.807) is 0 Å². The number of hydrogen-bond acceptors (Lipinski definition) is 5. The van der Waals surface area contributed by atoms with Crippen LogP contribution in [0.4, 0.5) is 0 Å². The molecule has 0 radical (unpaired) electrons. The molecule has 0 amide bonds. The van der Waals surface area contributed by atoms with Gasteiger partial charge in [0, 0.05) is 11.0 Å². The SMILES string of the molecule is CCOP(OCC)OC(N(O)C(C)(C)C)C(C)(C)C. The maximum Gasteiger partial charge on any atom is 0.334 e. The van der Waals surface area contributed by atoms with E-state index in [1.165, 1.54) is 5.06 Å². The summed E-state index contributed by atoms with van der Waals surface area (Å²) in [5.41, 5.74) is -0.686. The fourth-order valence-corrected chi connectivity index (χ4v) is 2.50. The van der Waals surface area contributed by atoms with Gasteiger partial charge in [-0.15, -0.1) is 0 Å². The van der Waals surface area contributed by atoms with E-state index >= 15 is 0 Å². The third-order valence-corrected chi connectivity index (χ3v) is 3.62. The minimum Gasteiger partial charge on any atom is -0.313 e. The van der Waals surface area contributed by atoms with Crippen molar-refractivity contribution in [3.05, 3.63) is 0 Å². The topological polar surface area (TPSA) is 51.2 Å². The van der Waals surface area contributed by atoms with Crippen molar-refractivity contribution in [1.29, 1.82) is 0 Å². The fourth-order valence-electron chi connectivity index (χ4n) is 1.31. The molecule has 116 valence electrons. The van der Waals surface area contributed by atoms with E-state index in [-0.39, 0.29) is 5.41 Å². The molecule has 0 aliphatic carbocycles. The molecule has 5 nitrogen and oxygen atoms in total. The average Bonchev–Trinajstić information content (AvgIpc) is 2.22. The highest BCUT2D eigenvalue weighted by molar-refractivity contribution is 7.41. The Kier molecular flexibility index (Phi) is 7.96. The molecule has 1 N–H and O–H groups in total. The van der Waals surface area contributed by atoms with Crippen LogP contribution in [0.5, 0.6) is 0 Å². The molecule has 0 aromatic carbocycles. The van der Waals surface area contributed by atoms with Crippen molar-refractivity contribution in [2.45, 2.75) is 67.2 Å². The second-order valence-corrected chi connectivity index (χ2v) is 7.57. The van der Waals surface area contributed by atoms with Crippen LogP contribution >= 0.6 is 8.60 Å². The fraction of sp³-hybridized carbons (Fsp3) is 1.00. The van der Waals surface area contributed by atoms with Gasteiger partial charge in [-0.05, 0) is 34.6 Å². The van der Waals surface area contributed by atoms with E-state index in [1.807, 2.05) is 55.4 Å². The van der Waals surface area contributed by atoms with Crippen LogP contribution in [0.2, 0.25) is 0 Å². The summed E-state index contributed by atoms with van der Waals surface area (Å²) in [6, 6.07) is 0. The Bertz CT molecular complexity index is 244. The molecule has 0 saturated carbocycles. The van der Waals surface area contributed by atoms with Gasteiger partial charge in [0.05, 0.1) is 13.2 Å². The van der Waals surface area contributed by atoms with Crippen molar-refractivity contribution in [2.75, 3.05) is 13.2 Å². The predicted octanol–water partition coefficient (Wildman–Crippen LogP) is 4.16. The van der Waals surface area contributed by atoms with Crippen LogP contribution in [-0.2, 0) is 13.6 Å². The molecule has 0 bridgehead atoms. The zero-order valence-corrected chi connectivity index (χ0v) is 14.5. The third kappa shape index (κ3) is 6.98. The number of nitrogens with zero attached hydrogens (tertiary/aromatic N) is 1. The molecule has 1 atom stereocenters. The van der Waals surface area contributed by atoms with Crippen LogP contribution in [0.3, 0.4) is 0 Å². The van der Waals surface area contributed by atoms with Gasteiger partial charge >= 0.3 is 8.60 Å². The largest absolute Gasteiger partial charge is 0.334 e. The summed E-state index contributed by atoms with van der Waals surface area (Å²) in [5.74, 6) is 0. The molecule has 0 heterocycles. The first kappa shape index (κ1) is 19.2. The van der Waals surface area contributed by atoms with Crippen LogP contribution in [0.1, 0.15) is 55.4 Å². The number of hydroxylamine groups is 2. The average molecular weight is 295 g/mol. The lowest BCUT2D eigenvalue weighted by molar-refractivity contribution is -0.264. The molecule has 0 aromatic rings. The Morgan fingerprint density at radius 1 is 1.00 bits per heavy atom. The van der Waals surface area contributed by atoms with Gasteiger partial charge in [0.2, 0.25) is 0 Å². The zero-order valence-electron chi connectivity index (χ0n) is 13.6. The summed E-state index contributed by atoms with van der Waals surface area (Å²) in [6.07, 6.45) is -0.503. The highest BCUT2D eigenvalue weighted by atomic mass is 31.2. The molecule has 0 aromatic heterocycles. The lowest BCUT2D eigenvalue weighted by Gasteiger charge is -2.42. The molecule has 0 fully saturated rings. The smallest absolute Gasteiger partial charge is 0.313 e. The Morgan fingerprint density at radius 3 is 1.68 bits per heavy atom. The summed E-state index contributed by atoms with van der Waals surface area (Å²) in [6.45, 7) is 16.6. The lowest BCUT2D eigenvalue weighted by atomic mass is 9.92. The van der Waals surface area contributed by atoms with Crippen LogP contribution in [0, 0.1) is 5.41 Å². The quantitative estimate of drug-likeness (QED) is 0.434. The van der Waals surface area contributed by atoms with Crippen molar-refractivity contribution in [3.63, 3.8) is 0 Å². The van der Waals surface area contributed by atoms with Gasteiger partial charge in [0.25, 0.3) is 0 Å². The number of hydrogen-bond donors (Lipinski definition) is 1. The molecule has 1 unspecified atom stereocenters. The lowest BCUT2D eigenvalue weighted by Crippen LogP contribution is -2.52. The monoisotopic (exact) mass is 295 g/mol. The minimum absolute atomic E-state index is 0.267. The standard InChI is InChI=1S/C13H30NO4P/c1-9-16-19(17-10-2)18-11(12(3,4)5)14(15)13(6,7)8/h11,15H,9-10H2,1-8H3. The van der Waals surface area contributed by atoms with Gasteiger partial charge in [0.15, 0.2) is 0 Å². The van der Waals surface area contributed by atoms with Crippen LogP contribution in [0.15, 0.2) is 0 Å². The highest BCUT2D eigenvalue weighted by Gasteiger charge is 2.39. The van der Waals surface area contributed by atoms with Gasteiger partial charge in [-0.3, -0.25) is 4.52 Å². The summed E-state index contributed by atoms with van der Waals surface area (Å²) in [7, 11) is -1.45. The van der Waals surface area contributed by atoms with Gasteiger partial charge < -0.3 is 14.3 Å². The first-order valence-corrected chi connectivity index (χ1v) is 7.84. The normalized spacial score (nSPS) is 15.3. The van der Waals surface area contributed by atoms with E-state index < -0.39 is 20.4 Å². The van der Waals surface area contributed by atoms with E-state index in [0.29, 0.717) is 13.2 Å². The van der Waals surface area contributed by atoms with Crippen molar-refractivity contribution >= 4 is 8.60 Å². The zero-order chi connectivity index (χ0) is 15.3. The summed E-state index contributed by atoms with van der Waals surface area (Å²) < 4.78 is 16.8. The Balaban J connectivity index is 4.95. The minimum atomic E-state index is -1.45. The first-order valence-electron chi connectivity index (χ1n) is 6.75. The second kappa shape index (κ2) is 7.87. The predicted molar refractivity (Wildman–Crippen MR) is 77.9 cm³/mol. The third-order valence-electron chi connectivity index (χ3n) is 2.31. The molecule has 0 aliphatic heterocycles. The van der Waals surface area contributed by atoms with E-state index in [9.17, 15) is 5.21 Å². The molecule has 19 heavy (non-hydrogen) atoms. The molecule has 6 heteroatoms. The summed E-state index contributed by atoms with van der Waals surface area (Å²) >= 11 is 0. The van der Waals surface area contributed by atoms with Crippen molar-refractivity contribution in [1.82, 2.24) is 5.06 Å². The molecular formula is C13H30NO4P. The van der Waals surface area contributed by atoms with Gasteiger partial charge in [-0.1, -0.05) is 20.8 Å². The van der Waals surface area contributed by atoms with Gasteiger partial charge in [0.1, 0.15) is 6.23 Å². The van der Waals surface area contributed by atoms with Crippen molar-refractivity contribution in [3.8, 4) is 0 Å². The van der Waals surface area contributed by atoms with E-state index in [2.05, 4.69) is 0 Å². The molecule has 0 rings (SSSR count). The van der Waals surface area contributed by atoms with Crippen molar-refractivity contribution in [2.24, 2.45) is 5.41 Å². The maximum atomic E-state index is 10.4. The van der Waals surface area contributed by atoms with E-state index in [0.717, 1.165) is 0 Å². The first-order chi connectivity index (χ1) is 8.54. The van der Waals surface area contributed by atoms with Gasteiger partial charge in [-0.2, -0.15) is 5.06 Å². The maximum absolute atomic E-state index is 10.4. The molecular weight excluding hydrogens is 265 g/mol. The van der Waals surface area contributed by atoms with Gasteiger partial charge in [-0.25, -0.2) is 0 Å². The summed E-state index contributed by atoms with van der Waals surface area (Å²) in [5, 5.41) is 11.6. The number of rotatable bonds is 7. The Labute approximate surface area is 119 Å².